The first-order valence-electron chi connectivity index (χ1n) is 5.36. The minimum atomic E-state index is -3.24. The van der Waals surface area contributed by atoms with E-state index in [4.69, 9.17) is 5.73 Å². The van der Waals surface area contributed by atoms with Gasteiger partial charge in [0.2, 0.25) is 10.0 Å². The van der Waals surface area contributed by atoms with Crippen LogP contribution in [-0.2, 0) is 10.0 Å². The molecule has 0 aromatic heterocycles. The summed E-state index contributed by atoms with van der Waals surface area (Å²) in [6, 6.07) is 0. The van der Waals surface area contributed by atoms with E-state index in [1.165, 1.54) is 0 Å². The largest absolute Gasteiger partial charge is 0.329 e. The minimum absolute atomic E-state index is 0.317. The lowest BCUT2D eigenvalue weighted by atomic mass is 9.92. The molecule has 0 saturated carbocycles. The lowest BCUT2D eigenvalue weighted by molar-refractivity contribution is 0.343. The second-order valence-corrected chi connectivity index (χ2v) is 7.30. The number of sulfonamides is 1. The first-order chi connectivity index (χ1) is 6.63. The van der Waals surface area contributed by atoms with E-state index in [1.54, 1.807) is 13.8 Å². The maximum absolute atomic E-state index is 11.7. The molecule has 0 amide bonds. The van der Waals surface area contributed by atoms with Crippen molar-refractivity contribution in [3.8, 4) is 0 Å². The second kappa shape index (κ2) is 5.27. The van der Waals surface area contributed by atoms with Gasteiger partial charge in [-0.15, -0.1) is 0 Å². The molecule has 5 heteroatoms. The molecule has 0 fully saturated rings. The molecule has 0 rings (SSSR count). The van der Waals surface area contributed by atoms with E-state index in [2.05, 4.69) is 18.6 Å². The molecule has 0 aromatic carbocycles. The Morgan fingerprint density at radius 3 is 2.00 bits per heavy atom. The molecule has 92 valence electrons. The molecule has 15 heavy (non-hydrogen) atoms. The van der Waals surface area contributed by atoms with Crippen LogP contribution in [0.1, 0.15) is 41.0 Å². The third-order valence-corrected chi connectivity index (χ3v) is 4.34. The van der Waals surface area contributed by atoms with Crippen LogP contribution in [0.2, 0.25) is 0 Å². The molecule has 0 saturated heterocycles. The second-order valence-electron chi connectivity index (χ2n) is 5.06. The molecule has 0 heterocycles. The number of hydrogen-bond donors (Lipinski definition) is 2. The van der Waals surface area contributed by atoms with Crippen LogP contribution in [0.3, 0.4) is 0 Å². The van der Waals surface area contributed by atoms with Gasteiger partial charge >= 0.3 is 0 Å². The van der Waals surface area contributed by atoms with Crippen molar-refractivity contribution in [1.29, 1.82) is 0 Å². The minimum Gasteiger partial charge on any atom is -0.329 e. The smallest absolute Gasteiger partial charge is 0.214 e. The van der Waals surface area contributed by atoms with Gasteiger partial charge in [0.1, 0.15) is 0 Å². The predicted molar refractivity (Wildman–Crippen MR) is 64.1 cm³/mol. The zero-order valence-corrected chi connectivity index (χ0v) is 11.2. The van der Waals surface area contributed by atoms with Crippen LogP contribution < -0.4 is 10.5 Å². The van der Waals surface area contributed by atoms with E-state index in [0.29, 0.717) is 12.5 Å². The fourth-order valence-electron chi connectivity index (χ4n) is 1.53. The maximum atomic E-state index is 11.7. The number of rotatable bonds is 6. The third kappa shape index (κ3) is 4.95. The molecular weight excluding hydrogens is 212 g/mol. The molecule has 0 radical (unpaired) electrons. The lowest BCUT2D eigenvalue weighted by Gasteiger charge is -2.31. The molecule has 0 aliphatic rings. The van der Waals surface area contributed by atoms with E-state index >= 15 is 0 Å². The van der Waals surface area contributed by atoms with Crippen LogP contribution in [0.5, 0.6) is 0 Å². The predicted octanol–water partition coefficient (Wildman–Crippen LogP) is 1.08. The van der Waals surface area contributed by atoms with Gasteiger partial charge in [-0.3, -0.25) is 0 Å². The van der Waals surface area contributed by atoms with Crippen molar-refractivity contribution in [2.45, 2.75) is 51.8 Å². The Bertz CT molecular complexity index is 286. The van der Waals surface area contributed by atoms with Crippen molar-refractivity contribution < 1.29 is 8.42 Å². The highest BCUT2D eigenvalue weighted by Crippen LogP contribution is 2.17. The summed E-state index contributed by atoms with van der Waals surface area (Å²) >= 11 is 0. The van der Waals surface area contributed by atoms with Gasteiger partial charge in [0.15, 0.2) is 0 Å². The summed E-state index contributed by atoms with van der Waals surface area (Å²) in [7, 11) is -3.24. The van der Waals surface area contributed by atoms with Crippen molar-refractivity contribution in [1.82, 2.24) is 4.72 Å². The summed E-state index contributed by atoms with van der Waals surface area (Å²) in [6.07, 6.45) is 0.745. The SMILES string of the molecule is CC(C)CC(C)(CN)NS(=O)(=O)C(C)C. The quantitative estimate of drug-likeness (QED) is 0.725. The van der Waals surface area contributed by atoms with Gasteiger partial charge < -0.3 is 5.73 Å². The molecule has 4 nitrogen and oxygen atoms in total. The molecular formula is C10H24N2O2S. The normalized spacial score (nSPS) is 17.1. The Morgan fingerprint density at radius 2 is 1.73 bits per heavy atom. The summed E-state index contributed by atoms with van der Waals surface area (Å²) in [5, 5.41) is -0.421. The van der Waals surface area contributed by atoms with Gasteiger partial charge in [0.25, 0.3) is 0 Å². The third-order valence-electron chi connectivity index (χ3n) is 2.32. The van der Waals surface area contributed by atoms with Crippen LogP contribution in [0, 0.1) is 5.92 Å². The average molecular weight is 236 g/mol. The maximum Gasteiger partial charge on any atom is 0.214 e. The average Bonchev–Trinajstić information content (AvgIpc) is 2.01. The molecule has 0 aromatic rings. The highest BCUT2D eigenvalue weighted by molar-refractivity contribution is 7.90. The topological polar surface area (TPSA) is 72.2 Å². The van der Waals surface area contributed by atoms with E-state index in [-0.39, 0.29) is 0 Å². The van der Waals surface area contributed by atoms with E-state index in [0.717, 1.165) is 6.42 Å². The van der Waals surface area contributed by atoms with Crippen molar-refractivity contribution in [3.63, 3.8) is 0 Å². The van der Waals surface area contributed by atoms with Crippen molar-refractivity contribution in [2.75, 3.05) is 6.54 Å². The van der Waals surface area contributed by atoms with Crippen LogP contribution in [0.25, 0.3) is 0 Å². The van der Waals surface area contributed by atoms with E-state index < -0.39 is 20.8 Å². The zero-order valence-electron chi connectivity index (χ0n) is 10.4. The summed E-state index contributed by atoms with van der Waals surface area (Å²) < 4.78 is 26.1. The number of nitrogens with two attached hydrogens (primary N) is 1. The van der Waals surface area contributed by atoms with Gasteiger partial charge in [-0.2, -0.15) is 0 Å². The summed E-state index contributed by atoms with van der Waals surface area (Å²) in [6.45, 7) is 9.60. The van der Waals surface area contributed by atoms with Gasteiger partial charge in [-0.1, -0.05) is 13.8 Å². The van der Waals surface area contributed by atoms with Gasteiger partial charge in [0.05, 0.1) is 5.25 Å². The van der Waals surface area contributed by atoms with Crippen LogP contribution in [0.15, 0.2) is 0 Å². The number of nitrogens with one attached hydrogen (secondary N) is 1. The lowest BCUT2D eigenvalue weighted by Crippen LogP contribution is -2.53. The van der Waals surface area contributed by atoms with E-state index in [1.807, 2.05) is 6.92 Å². The fraction of sp³-hybridized carbons (Fsp3) is 1.00. The van der Waals surface area contributed by atoms with Gasteiger partial charge in [-0.05, 0) is 33.1 Å². The van der Waals surface area contributed by atoms with Crippen molar-refractivity contribution in [3.05, 3.63) is 0 Å². The Balaban J connectivity index is 4.72. The van der Waals surface area contributed by atoms with Crippen LogP contribution in [-0.4, -0.2) is 25.8 Å². The monoisotopic (exact) mass is 236 g/mol. The van der Waals surface area contributed by atoms with Gasteiger partial charge in [0, 0.05) is 12.1 Å². The summed E-state index contributed by atoms with van der Waals surface area (Å²) in [4.78, 5) is 0. The van der Waals surface area contributed by atoms with Crippen molar-refractivity contribution >= 4 is 10.0 Å². The molecule has 0 aliphatic heterocycles. The number of hydrogen-bond acceptors (Lipinski definition) is 3. The molecule has 3 N–H and O–H groups in total. The summed E-state index contributed by atoms with van der Waals surface area (Å²) in [5.74, 6) is 0.411. The van der Waals surface area contributed by atoms with Gasteiger partial charge in [-0.25, -0.2) is 13.1 Å². The first kappa shape index (κ1) is 14.9. The Kier molecular flexibility index (Phi) is 5.23. The highest BCUT2D eigenvalue weighted by atomic mass is 32.2. The van der Waals surface area contributed by atoms with Crippen LogP contribution >= 0.6 is 0 Å². The molecule has 0 aliphatic carbocycles. The fourth-order valence-corrected chi connectivity index (χ4v) is 2.62. The Labute approximate surface area is 93.7 Å². The Hall–Kier alpha value is -0.130. The first-order valence-corrected chi connectivity index (χ1v) is 6.90. The Morgan fingerprint density at radius 1 is 1.27 bits per heavy atom. The van der Waals surface area contributed by atoms with Crippen LogP contribution in [0.4, 0.5) is 0 Å². The summed E-state index contributed by atoms with van der Waals surface area (Å²) in [5.41, 5.74) is 5.11. The van der Waals surface area contributed by atoms with E-state index in [9.17, 15) is 8.42 Å². The molecule has 0 bridgehead atoms. The van der Waals surface area contributed by atoms with Crippen molar-refractivity contribution in [2.24, 2.45) is 11.7 Å². The zero-order chi connectivity index (χ0) is 12.3. The molecule has 1 unspecified atom stereocenters. The molecule has 0 spiro atoms. The highest BCUT2D eigenvalue weighted by Gasteiger charge is 2.30. The standard InChI is InChI=1S/C10H24N2O2S/c1-8(2)6-10(5,7-11)12-15(13,14)9(3)4/h8-9,12H,6-7,11H2,1-5H3. The molecule has 1 atom stereocenters.